The molecule has 1 unspecified atom stereocenters. The van der Waals surface area contributed by atoms with Crippen molar-refractivity contribution in [2.75, 3.05) is 24.5 Å². The molecule has 2 saturated heterocycles. The van der Waals surface area contributed by atoms with Crippen molar-refractivity contribution in [2.24, 2.45) is 5.41 Å². The Hall–Kier alpha value is -2.70. The van der Waals surface area contributed by atoms with E-state index in [4.69, 9.17) is 4.42 Å². The first-order valence-electron chi connectivity index (χ1n) is 8.52. The second-order valence-corrected chi connectivity index (χ2v) is 6.82. The minimum atomic E-state index is -0.509. The molecule has 2 fully saturated rings. The smallest absolute Gasteiger partial charge is 0.289 e. The molecule has 4 rings (SSSR count). The monoisotopic (exact) mass is 340 g/mol. The van der Waals surface area contributed by atoms with Gasteiger partial charge in [0.05, 0.1) is 23.5 Å². The van der Waals surface area contributed by atoms with E-state index in [1.54, 1.807) is 34.3 Å². The lowest BCUT2D eigenvalue weighted by atomic mass is 9.78. The summed E-state index contributed by atoms with van der Waals surface area (Å²) in [5.41, 5.74) is 0.209. The average Bonchev–Trinajstić information content (AvgIpc) is 3.20. The van der Waals surface area contributed by atoms with Gasteiger partial charge in [-0.2, -0.15) is 0 Å². The maximum atomic E-state index is 13.1. The van der Waals surface area contributed by atoms with E-state index in [2.05, 4.69) is 9.97 Å². The van der Waals surface area contributed by atoms with Crippen molar-refractivity contribution in [1.29, 1.82) is 0 Å². The highest BCUT2D eigenvalue weighted by molar-refractivity contribution is 6.00. The summed E-state index contributed by atoms with van der Waals surface area (Å²) in [6.45, 7) is 3.54. The van der Waals surface area contributed by atoms with Crippen LogP contribution in [0.3, 0.4) is 0 Å². The largest absolute Gasteiger partial charge is 0.456 e. The van der Waals surface area contributed by atoms with Gasteiger partial charge in [0.25, 0.3) is 5.91 Å². The molecule has 25 heavy (non-hydrogen) atoms. The van der Waals surface area contributed by atoms with Crippen molar-refractivity contribution in [3.05, 3.63) is 42.4 Å². The molecular formula is C18H20N4O3. The van der Waals surface area contributed by atoms with Gasteiger partial charge in [0.1, 0.15) is 12.1 Å². The first-order valence-corrected chi connectivity index (χ1v) is 8.52. The van der Waals surface area contributed by atoms with E-state index in [-0.39, 0.29) is 11.8 Å². The van der Waals surface area contributed by atoms with Crippen LogP contribution in [0.15, 0.2) is 35.3 Å². The molecule has 2 aromatic heterocycles. The Labute approximate surface area is 145 Å². The summed E-state index contributed by atoms with van der Waals surface area (Å²) >= 11 is 0. The van der Waals surface area contributed by atoms with Crippen molar-refractivity contribution in [2.45, 2.75) is 26.2 Å². The lowest BCUT2D eigenvalue weighted by Gasteiger charge is -2.38. The highest BCUT2D eigenvalue weighted by Gasteiger charge is 2.50. The van der Waals surface area contributed by atoms with Gasteiger partial charge in [-0.15, -0.1) is 0 Å². The van der Waals surface area contributed by atoms with E-state index in [1.165, 1.54) is 6.33 Å². The first-order chi connectivity index (χ1) is 12.1. The first kappa shape index (κ1) is 15.8. The van der Waals surface area contributed by atoms with Crippen LogP contribution in [0.5, 0.6) is 0 Å². The van der Waals surface area contributed by atoms with Crippen molar-refractivity contribution in [3.8, 4) is 0 Å². The number of amides is 2. The van der Waals surface area contributed by atoms with Crippen molar-refractivity contribution in [1.82, 2.24) is 14.9 Å². The number of rotatable bonds is 2. The van der Waals surface area contributed by atoms with Crippen molar-refractivity contribution in [3.63, 3.8) is 0 Å². The standard InChI is InChI=1S/C18H20N4O3/c1-13-3-4-15(25-13)16(23)21-7-2-5-18(11-21)6-8-22(17(18)24)14-9-19-12-20-10-14/h3-4,9-10,12H,2,5-8,11H2,1H3. The Bertz CT molecular complexity index is 804. The van der Waals surface area contributed by atoms with Gasteiger partial charge in [-0.1, -0.05) is 0 Å². The molecular weight excluding hydrogens is 320 g/mol. The van der Waals surface area contributed by atoms with E-state index in [9.17, 15) is 9.59 Å². The fourth-order valence-electron chi connectivity index (χ4n) is 3.89. The highest BCUT2D eigenvalue weighted by Crippen LogP contribution is 2.41. The number of nitrogens with zero attached hydrogens (tertiary/aromatic N) is 4. The topological polar surface area (TPSA) is 79.5 Å². The van der Waals surface area contributed by atoms with E-state index >= 15 is 0 Å². The van der Waals surface area contributed by atoms with Gasteiger partial charge in [-0.05, 0) is 38.3 Å². The normalized spacial score (nSPS) is 23.5. The molecule has 2 amide bonds. The molecule has 0 aliphatic carbocycles. The van der Waals surface area contributed by atoms with Crippen molar-refractivity contribution < 1.29 is 14.0 Å². The van der Waals surface area contributed by atoms with Crippen LogP contribution in [0, 0.1) is 12.3 Å². The molecule has 4 heterocycles. The summed E-state index contributed by atoms with van der Waals surface area (Å²) < 4.78 is 5.46. The zero-order valence-electron chi connectivity index (χ0n) is 14.1. The molecule has 0 bridgehead atoms. The van der Waals surface area contributed by atoms with E-state index in [0.717, 1.165) is 24.9 Å². The third-order valence-electron chi connectivity index (χ3n) is 5.19. The number of furan rings is 1. The second kappa shape index (κ2) is 5.98. The Balaban J connectivity index is 1.54. The summed E-state index contributed by atoms with van der Waals surface area (Å²) in [5, 5.41) is 0. The molecule has 0 aromatic carbocycles. The molecule has 1 spiro atoms. The van der Waals surface area contributed by atoms with Gasteiger partial charge in [-0.25, -0.2) is 9.97 Å². The predicted molar refractivity (Wildman–Crippen MR) is 90.0 cm³/mol. The van der Waals surface area contributed by atoms with Gasteiger partial charge in [0, 0.05) is 19.6 Å². The maximum Gasteiger partial charge on any atom is 0.289 e. The third kappa shape index (κ3) is 2.69. The fourth-order valence-corrected chi connectivity index (χ4v) is 3.89. The molecule has 7 nitrogen and oxygen atoms in total. The lowest BCUT2D eigenvalue weighted by Crippen LogP contribution is -2.49. The number of likely N-dealkylation sites (tertiary alicyclic amines) is 1. The van der Waals surface area contributed by atoms with Gasteiger partial charge in [0.2, 0.25) is 5.91 Å². The summed E-state index contributed by atoms with van der Waals surface area (Å²) in [5.74, 6) is 0.979. The molecule has 0 N–H and O–H groups in total. The zero-order valence-corrected chi connectivity index (χ0v) is 14.1. The Morgan fingerprint density at radius 1 is 1.20 bits per heavy atom. The van der Waals surface area contributed by atoms with E-state index < -0.39 is 5.41 Å². The van der Waals surface area contributed by atoms with Crippen LogP contribution in [-0.2, 0) is 4.79 Å². The number of aromatic nitrogens is 2. The molecule has 0 saturated carbocycles. The van der Waals surface area contributed by atoms with Crippen LogP contribution in [0.2, 0.25) is 0 Å². The Kier molecular flexibility index (Phi) is 3.78. The summed E-state index contributed by atoms with van der Waals surface area (Å²) in [6.07, 6.45) is 7.11. The van der Waals surface area contributed by atoms with Gasteiger partial charge in [0.15, 0.2) is 5.76 Å². The zero-order chi connectivity index (χ0) is 17.4. The van der Waals surface area contributed by atoms with E-state index in [0.29, 0.717) is 31.2 Å². The number of aryl methyl sites for hydroxylation is 1. The van der Waals surface area contributed by atoms with Crippen LogP contribution < -0.4 is 4.90 Å². The van der Waals surface area contributed by atoms with Crippen LogP contribution in [0.25, 0.3) is 0 Å². The average molecular weight is 340 g/mol. The number of carbonyl (C=O) groups is 2. The Morgan fingerprint density at radius 3 is 2.72 bits per heavy atom. The minimum absolute atomic E-state index is 0.0652. The number of hydrogen-bond donors (Lipinski definition) is 0. The highest BCUT2D eigenvalue weighted by atomic mass is 16.3. The SMILES string of the molecule is Cc1ccc(C(=O)N2CCCC3(CCN(c4cncnc4)C3=O)C2)o1. The number of hydrogen-bond acceptors (Lipinski definition) is 5. The molecule has 7 heteroatoms. The van der Waals surface area contributed by atoms with Crippen LogP contribution in [-0.4, -0.2) is 46.3 Å². The second-order valence-electron chi connectivity index (χ2n) is 6.82. The maximum absolute atomic E-state index is 13.1. The summed E-state index contributed by atoms with van der Waals surface area (Å²) in [7, 11) is 0. The molecule has 130 valence electrons. The quantitative estimate of drug-likeness (QED) is 0.836. The molecule has 1 atom stereocenters. The third-order valence-corrected chi connectivity index (χ3v) is 5.19. The fraction of sp³-hybridized carbons (Fsp3) is 0.444. The van der Waals surface area contributed by atoms with Gasteiger partial charge >= 0.3 is 0 Å². The van der Waals surface area contributed by atoms with Crippen LogP contribution in [0.1, 0.15) is 35.6 Å². The predicted octanol–water partition coefficient (Wildman–Crippen LogP) is 2.04. The Morgan fingerprint density at radius 2 is 2.00 bits per heavy atom. The molecule has 2 aliphatic heterocycles. The van der Waals surface area contributed by atoms with Gasteiger partial charge in [-0.3, -0.25) is 9.59 Å². The molecule has 2 aliphatic rings. The minimum Gasteiger partial charge on any atom is -0.456 e. The van der Waals surface area contributed by atoms with Crippen LogP contribution >= 0.6 is 0 Å². The van der Waals surface area contributed by atoms with E-state index in [1.807, 2.05) is 6.92 Å². The lowest BCUT2D eigenvalue weighted by molar-refractivity contribution is -0.127. The summed E-state index contributed by atoms with van der Waals surface area (Å²) in [4.78, 5) is 37.3. The number of piperidine rings is 1. The van der Waals surface area contributed by atoms with Crippen LogP contribution in [0.4, 0.5) is 5.69 Å². The number of anilines is 1. The van der Waals surface area contributed by atoms with Crippen molar-refractivity contribution >= 4 is 17.5 Å². The van der Waals surface area contributed by atoms with Gasteiger partial charge < -0.3 is 14.2 Å². The molecule has 0 radical (unpaired) electrons. The molecule has 2 aromatic rings. The summed E-state index contributed by atoms with van der Waals surface area (Å²) in [6, 6.07) is 3.48. The number of carbonyl (C=O) groups excluding carboxylic acids is 2.